The van der Waals surface area contributed by atoms with Crippen molar-refractivity contribution in [2.75, 3.05) is 0 Å². The lowest BCUT2D eigenvalue weighted by Gasteiger charge is -2.27. The molecule has 0 spiro atoms. The van der Waals surface area contributed by atoms with Gasteiger partial charge in [0, 0.05) is 0 Å². The summed E-state index contributed by atoms with van der Waals surface area (Å²) >= 11 is 0. The van der Waals surface area contributed by atoms with Gasteiger partial charge in [0.15, 0.2) is 0 Å². The van der Waals surface area contributed by atoms with E-state index in [1.807, 2.05) is 0 Å². The summed E-state index contributed by atoms with van der Waals surface area (Å²) in [5.41, 5.74) is 10.3. The van der Waals surface area contributed by atoms with Gasteiger partial charge in [-0.1, -0.05) is 19.8 Å². The third-order valence-corrected chi connectivity index (χ3v) is 1.74. The van der Waals surface area contributed by atoms with Gasteiger partial charge < -0.3 is 16.6 Å². The molecule has 0 saturated carbocycles. The largest absolute Gasteiger partial charge is 0.390 e. The Morgan fingerprint density at radius 2 is 2.00 bits per heavy atom. The topological polar surface area (TPSA) is 72.3 Å². The minimum atomic E-state index is -0.893. The fraction of sp³-hybridized carbons (Fsp3) is 1.00. The van der Waals surface area contributed by atoms with Crippen LogP contribution in [0.4, 0.5) is 0 Å². The Morgan fingerprint density at radius 3 is 2.30 bits per heavy atom. The Kier molecular flexibility index (Phi) is 3.86. The average molecular weight is 146 g/mol. The monoisotopic (exact) mass is 146 g/mol. The molecule has 0 radical (unpaired) electrons. The first kappa shape index (κ1) is 9.88. The maximum absolute atomic E-state index is 9.06. The molecule has 0 aliphatic heterocycles. The van der Waals surface area contributed by atoms with Gasteiger partial charge in [0.2, 0.25) is 0 Å². The molecule has 0 rings (SSSR count). The second kappa shape index (κ2) is 3.91. The second-order valence-electron chi connectivity index (χ2n) is 2.89. The molecule has 0 aliphatic rings. The van der Waals surface area contributed by atoms with Crippen molar-refractivity contribution < 1.29 is 5.11 Å². The standard InChI is InChI=1S/C7H18N2O/c1-3-4-5-7(8,9)6(2)10/h6,10H,3-5,8-9H2,1-2H3. The van der Waals surface area contributed by atoms with Gasteiger partial charge in [-0.3, -0.25) is 0 Å². The molecule has 1 atom stereocenters. The van der Waals surface area contributed by atoms with E-state index in [2.05, 4.69) is 6.92 Å². The summed E-state index contributed by atoms with van der Waals surface area (Å²) in [6.45, 7) is 3.69. The molecule has 0 aliphatic carbocycles. The molecule has 0 aromatic carbocycles. The van der Waals surface area contributed by atoms with Crippen LogP contribution in [0.25, 0.3) is 0 Å². The third kappa shape index (κ3) is 3.15. The van der Waals surface area contributed by atoms with Crippen LogP contribution in [0, 0.1) is 0 Å². The molecule has 0 bridgehead atoms. The van der Waals surface area contributed by atoms with Gasteiger partial charge in [0.05, 0.1) is 11.8 Å². The smallest absolute Gasteiger partial charge is 0.0900 e. The van der Waals surface area contributed by atoms with Crippen molar-refractivity contribution in [1.29, 1.82) is 0 Å². The van der Waals surface area contributed by atoms with Crippen LogP contribution in [0.1, 0.15) is 33.1 Å². The summed E-state index contributed by atoms with van der Waals surface area (Å²) in [5.74, 6) is 0. The molecule has 3 heteroatoms. The minimum Gasteiger partial charge on any atom is -0.390 e. The van der Waals surface area contributed by atoms with Gasteiger partial charge in [0.1, 0.15) is 0 Å². The molecule has 0 aromatic heterocycles. The maximum atomic E-state index is 9.06. The predicted octanol–water partition coefficient (Wildman–Crippen LogP) is 0.171. The number of aliphatic hydroxyl groups is 1. The fourth-order valence-electron chi connectivity index (χ4n) is 0.692. The highest BCUT2D eigenvalue weighted by Gasteiger charge is 2.23. The van der Waals surface area contributed by atoms with Gasteiger partial charge in [-0.15, -0.1) is 0 Å². The van der Waals surface area contributed by atoms with E-state index in [9.17, 15) is 0 Å². The Morgan fingerprint density at radius 1 is 1.50 bits per heavy atom. The van der Waals surface area contributed by atoms with E-state index in [1.54, 1.807) is 6.92 Å². The van der Waals surface area contributed by atoms with Crippen LogP contribution < -0.4 is 11.5 Å². The van der Waals surface area contributed by atoms with Crippen molar-refractivity contribution in [2.45, 2.75) is 44.9 Å². The van der Waals surface area contributed by atoms with Crippen LogP contribution in [0.15, 0.2) is 0 Å². The highest BCUT2D eigenvalue weighted by atomic mass is 16.3. The lowest BCUT2D eigenvalue weighted by atomic mass is 10.00. The third-order valence-electron chi connectivity index (χ3n) is 1.74. The molecule has 0 amide bonds. The highest BCUT2D eigenvalue weighted by molar-refractivity contribution is 4.81. The van der Waals surface area contributed by atoms with E-state index in [0.29, 0.717) is 6.42 Å². The summed E-state index contributed by atoms with van der Waals surface area (Å²) in [6.07, 6.45) is 2.08. The molecular weight excluding hydrogens is 128 g/mol. The molecule has 62 valence electrons. The SMILES string of the molecule is CCCCC(N)(N)C(C)O. The Labute approximate surface area is 62.4 Å². The van der Waals surface area contributed by atoms with E-state index in [1.165, 1.54) is 0 Å². The summed E-state index contributed by atoms with van der Waals surface area (Å²) < 4.78 is 0. The Hall–Kier alpha value is -0.120. The van der Waals surface area contributed by atoms with Crippen LogP contribution in [0.2, 0.25) is 0 Å². The van der Waals surface area contributed by atoms with Crippen LogP contribution in [-0.2, 0) is 0 Å². The van der Waals surface area contributed by atoms with E-state index in [4.69, 9.17) is 16.6 Å². The number of hydrogen-bond acceptors (Lipinski definition) is 3. The number of unbranched alkanes of at least 4 members (excludes halogenated alkanes) is 1. The molecule has 0 aromatic rings. The summed E-state index contributed by atoms with van der Waals surface area (Å²) in [6, 6.07) is 0. The van der Waals surface area contributed by atoms with Gasteiger partial charge in [-0.25, -0.2) is 0 Å². The first-order valence-corrected chi connectivity index (χ1v) is 3.76. The van der Waals surface area contributed by atoms with Gasteiger partial charge in [-0.05, 0) is 13.3 Å². The lowest BCUT2D eigenvalue weighted by molar-refractivity contribution is 0.0964. The molecule has 10 heavy (non-hydrogen) atoms. The fourth-order valence-corrected chi connectivity index (χ4v) is 0.692. The van der Waals surface area contributed by atoms with Gasteiger partial charge in [-0.2, -0.15) is 0 Å². The molecule has 1 unspecified atom stereocenters. The van der Waals surface area contributed by atoms with Crippen molar-refractivity contribution in [3.63, 3.8) is 0 Å². The van der Waals surface area contributed by atoms with E-state index in [0.717, 1.165) is 12.8 Å². The van der Waals surface area contributed by atoms with Crippen molar-refractivity contribution >= 4 is 0 Å². The number of hydrogen-bond donors (Lipinski definition) is 3. The quantitative estimate of drug-likeness (QED) is 0.495. The van der Waals surface area contributed by atoms with Crippen LogP contribution in [-0.4, -0.2) is 16.9 Å². The highest BCUT2D eigenvalue weighted by Crippen LogP contribution is 2.08. The summed E-state index contributed by atoms with van der Waals surface area (Å²) in [5, 5.41) is 9.06. The van der Waals surface area contributed by atoms with Crippen molar-refractivity contribution in [3.8, 4) is 0 Å². The Bertz CT molecular complexity index is 91.6. The van der Waals surface area contributed by atoms with Crippen LogP contribution in [0.5, 0.6) is 0 Å². The minimum absolute atomic E-state index is 0.626. The Balaban J connectivity index is 3.63. The lowest BCUT2D eigenvalue weighted by Crippen LogP contribution is -2.57. The first-order valence-electron chi connectivity index (χ1n) is 3.76. The molecule has 0 saturated heterocycles. The summed E-state index contributed by atoms with van der Waals surface area (Å²) in [4.78, 5) is 0. The molecular formula is C7H18N2O. The summed E-state index contributed by atoms with van der Waals surface area (Å²) in [7, 11) is 0. The predicted molar refractivity (Wildman–Crippen MR) is 42.3 cm³/mol. The van der Waals surface area contributed by atoms with Gasteiger partial charge >= 0.3 is 0 Å². The second-order valence-corrected chi connectivity index (χ2v) is 2.89. The molecule has 3 nitrogen and oxygen atoms in total. The average Bonchev–Trinajstić information content (AvgIpc) is 1.84. The number of rotatable bonds is 4. The van der Waals surface area contributed by atoms with E-state index >= 15 is 0 Å². The van der Waals surface area contributed by atoms with Gasteiger partial charge in [0.25, 0.3) is 0 Å². The van der Waals surface area contributed by atoms with Crippen molar-refractivity contribution in [3.05, 3.63) is 0 Å². The molecule has 0 heterocycles. The van der Waals surface area contributed by atoms with Crippen molar-refractivity contribution in [2.24, 2.45) is 11.5 Å². The molecule has 5 N–H and O–H groups in total. The zero-order valence-electron chi connectivity index (χ0n) is 6.80. The molecule has 0 fully saturated rings. The number of nitrogens with two attached hydrogens (primary N) is 2. The normalized spacial score (nSPS) is 15.3. The van der Waals surface area contributed by atoms with E-state index < -0.39 is 11.8 Å². The van der Waals surface area contributed by atoms with Crippen LogP contribution >= 0.6 is 0 Å². The zero-order chi connectivity index (χ0) is 8.20. The maximum Gasteiger partial charge on any atom is 0.0900 e. The first-order chi connectivity index (χ1) is 4.50. The number of aliphatic hydroxyl groups excluding tert-OH is 1. The van der Waals surface area contributed by atoms with Crippen molar-refractivity contribution in [1.82, 2.24) is 0 Å². The van der Waals surface area contributed by atoms with E-state index in [-0.39, 0.29) is 0 Å². The zero-order valence-corrected chi connectivity index (χ0v) is 6.80. The van der Waals surface area contributed by atoms with Crippen LogP contribution in [0.3, 0.4) is 0 Å².